The molecule has 102 valence electrons. The van der Waals surface area contributed by atoms with Gasteiger partial charge in [-0.05, 0) is 44.6 Å². The molecule has 0 bridgehead atoms. The van der Waals surface area contributed by atoms with E-state index < -0.39 is 0 Å². The normalized spacial score (nSPS) is 28.6. The summed E-state index contributed by atoms with van der Waals surface area (Å²) in [6.45, 7) is 2.82. The minimum Gasteiger partial charge on any atom is -0.381 e. The molecule has 0 amide bonds. The van der Waals surface area contributed by atoms with Gasteiger partial charge in [-0.1, -0.05) is 19.3 Å². The van der Waals surface area contributed by atoms with Gasteiger partial charge >= 0.3 is 0 Å². The zero-order valence-electron chi connectivity index (χ0n) is 11.4. The standard InChI is InChI=1S/C15H26N2O/c16-11-14-5-2-1-3-6-15(14)17-9-4-10-18-12-13-7-8-13/h13-15,17H,1-10,12H2. The summed E-state index contributed by atoms with van der Waals surface area (Å²) in [5, 5.41) is 12.7. The highest BCUT2D eigenvalue weighted by Gasteiger charge is 2.23. The van der Waals surface area contributed by atoms with Gasteiger partial charge in [0, 0.05) is 19.3 Å². The van der Waals surface area contributed by atoms with E-state index in [0.717, 1.165) is 38.5 Å². The predicted molar refractivity (Wildman–Crippen MR) is 72.1 cm³/mol. The highest BCUT2D eigenvalue weighted by atomic mass is 16.5. The summed E-state index contributed by atoms with van der Waals surface area (Å²) in [5.74, 6) is 1.09. The van der Waals surface area contributed by atoms with Crippen LogP contribution < -0.4 is 5.32 Å². The van der Waals surface area contributed by atoms with Crippen molar-refractivity contribution < 1.29 is 4.74 Å². The summed E-state index contributed by atoms with van der Waals surface area (Å²) in [5.41, 5.74) is 0. The van der Waals surface area contributed by atoms with E-state index in [1.807, 2.05) is 0 Å². The number of nitrogens with one attached hydrogen (secondary N) is 1. The molecule has 0 aromatic heterocycles. The van der Waals surface area contributed by atoms with Gasteiger partial charge in [-0.2, -0.15) is 5.26 Å². The summed E-state index contributed by atoms with van der Waals surface area (Å²) < 4.78 is 5.62. The van der Waals surface area contributed by atoms with Crippen molar-refractivity contribution in [1.82, 2.24) is 5.32 Å². The zero-order valence-corrected chi connectivity index (χ0v) is 11.4. The molecule has 0 saturated heterocycles. The number of nitrogens with zero attached hydrogens (tertiary/aromatic N) is 1. The molecule has 0 radical (unpaired) electrons. The molecule has 0 aliphatic heterocycles. The predicted octanol–water partition coefficient (Wildman–Crippen LogP) is 2.87. The maximum absolute atomic E-state index is 9.18. The first-order valence-corrected chi connectivity index (χ1v) is 7.61. The molecular weight excluding hydrogens is 224 g/mol. The lowest BCUT2D eigenvalue weighted by Crippen LogP contribution is -2.36. The highest BCUT2D eigenvalue weighted by molar-refractivity contribution is 4.93. The fourth-order valence-electron chi connectivity index (χ4n) is 2.70. The maximum atomic E-state index is 9.18. The van der Waals surface area contributed by atoms with Crippen LogP contribution in [-0.4, -0.2) is 25.8 Å². The van der Waals surface area contributed by atoms with Crippen LogP contribution >= 0.6 is 0 Å². The lowest BCUT2D eigenvalue weighted by atomic mass is 9.96. The topological polar surface area (TPSA) is 45.0 Å². The molecule has 0 aromatic carbocycles. The molecule has 3 nitrogen and oxygen atoms in total. The summed E-state index contributed by atoms with van der Waals surface area (Å²) >= 11 is 0. The quantitative estimate of drug-likeness (QED) is 0.558. The van der Waals surface area contributed by atoms with E-state index in [1.54, 1.807) is 0 Å². The molecule has 2 aliphatic rings. The van der Waals surface area contributed by atoms with Crippen LogP contribution in [0.1, 0.15) is 51.4 Å². The summed E-state index contributed by atoms with van der Waals surface area (Å²) in [6, 6.07) is 2.89. The van der Waals surface area contributed by atoms with Crippen LogP contribution in [0.3, 0.4) is 0 Å². The van der Waals surface area contributed by atoms with Crippen molar-refractivity contribution in [3.8, 4) is 6.07 Å². The van der Waals surface area contributed by atoms with Crippen LogP contribution in [0, 0.1) is 23.2 Å². The van der Waals surface area contributed by atoms with E-state index in [9.17, 15) is 5.26 Å². The molecule has 2 atom stereocenters. The van der Waals surface area contributed by atoms with Crippen molar-refractivity contribution in [2.75, 3.05) is 19.8 Å². The second-order valence-corrected chi connectivity index (χ2v) is 5.81. The molecule has 2 unspecified atom stereocenters. The van der Waals surface area contributed by atoms with Gasteiger partial charge in [-0.3, -0.25) is 0 Å². The summed E-state index contributed by atoms with van der Waals surface area (Å²) in [7, 11) is 0. The minimum absolute atomic E-state index is 0.222. The Morgan fingerprint density at radius 3 is 2.72 bits per heavy atom. The van der Waals surface area contributed by atoms with Crippen molar-refractivity contribution in [2.45, 2.75) is 57.4 Å². The molecule has 0 aromatic rings. The fourth-order valence-corrected chi connectivity index (χ4v) is 2.70. The Morgan fingerprint density at radius 2 is 1.94 bits per heavy atom. The van der Waals surface area contributed by atoms with E-state index in [1.165, 1.54) is 38.5 Å². The van der Waals surface area contributed by atoms with E-state index >= 15 is 0 Å². The maximum Gasteiger partial charge on any atom is 0.0672 e. The number of nitriles is 1. The van der Waals surface area contributed by atoms with Gasteiger partial charge in [0.05, 0.1) is 12.0 Å². The second kappa shape index (κ2) is 7.76. The Balaban J connectivity index is 1.54. The van der Waals surface area contributed by atoms with E-state index in [0.29, 0.717) is 6.04 Å². The highest BCUT2D eigenvalue weighted by Crippen LogP contribution is 2.28. The number of hydrogen-bond donors (Lipinski definition) is 1. The van der Waals surface area contributed by atoms with E-state index in [2.05, 4.69) is 11.4 Å². The molecule has 2 rings (SSSR count). The lowest BCUT2D eigenvalue weighted by molar-refractivity contribution is 0.121. The van der Waals surface area contributed by atoms with E-state index in [4.69, 9.17) is 4.74 Å². The Morgan fingerprint density at radius 1 is 1.11 bits per heavy atom. The fraction of sp³-hybridized carbons (Fsp3) is 0.933. The average Bonchev–Trinajstić information content (AvgIpc) is 3.20. The van der Waals surface area contributed by atoms with Crippen molar-refractivity contribution in [1.29, 1.82) is 5.26 Å². The summed E-state index contributed by atoms with van der Waals surface area (Å²) in [6.07, 6.45) is 9.83. The van der Waals surface area contributed by atoms with Crippen LogP contribution in [0.25, 0.3) is 0 Å². The third kappa shape index (κ3) is 4.96. The molecule has 0 heterocycles. The molecule has 2 fully saturated rings. The van der Waals surface area contributed by atoms with Crippen molar-refractivity contribution in [2.24, 2.45) is 11.8 Å². The van der Waals surface area contributed by atoms with Gasteiger partial charge in [0.2, 0.25) is 0 Å². The molecule has 2 saturated carbocycles. The first-order valence-electron chi connectivity index (χ1n) is 7.61. The first kappa shape index (κ1) is 13.8. The molecule has 18 heavy (non-hydrogen) atoms. The Kier molecular flexibility index (Phi) is 5.96. The average molecular weight is 250 g/mol. The van der Waals surface area contributed by atoms with Crippen LogP contribution in [-0.2, 0) is 4.74 Å². The third-order valence-corrected chi connectivity index (χ3v) is 4.10. The largest absolute Gasteiger partial charge is 0.381 e. The van der Waals surface area contributed by atoms with Crippen molar-refractivity contribution in [3.05, 3.63) is 0 Å². The van der Waals surface area contributed by atoms with Gasteiger partial charge in [0.1, 0.15) is 0 Å². The van der Waals surface area contributed by atoms with Gasteiger partial charge < -0.3 is 10.1 Å². The van der Waals surface area contributed by atoms with Gasteiger partial charge in [-0.25, -0.2) is 0 Å². The third-order valence-electron chi connectivity index (χ3n) is 4.10. The first-order chi connectivity index (χ1) is 8.90. The van der Waals surface area contributed by atoms with Crippen LogP contribution in [0.2, 0.25) is 0 Å². The van der Waals surface area contributed by atoms with Gasteiger partial charge in [-0.15, -0.1) is 0 Å². The number of ether oxygens (including phenoxy) is 1. The van der Waals surface area contributed by atoms with Crippen LogP contribution in [0.15, 0.2) is 0 Å². The smallest absolute Gasteiger partial charge is 0.0672 e. The second-order valence-electron chi connectivity index (χ2n) is 5.81. The van der Waals surface area contributed by atoms with E-state index in [-0.39, 0.29) is 5.92 Å². The molecule has 3 heteroatoms. The lowest BCUT2D eigenvalue weighted by Gasteiger charge is -2.20. The Hall–Kier alpha value is -0.590. The SMILES string of the molecule is N#CC1CCCCCC1NCCCOCC1CC1. The Labute approximate surface area is 111 Å². The number of hydrogen-bond acceptors (Lipinski definition) is 3. The van der Waals surface area contributed by atoms with Crippen molar-refractivity contribution in [3.63, 3.8) is 0 Å². The van der Waals surface area contributed by atoms with Crippen molar-refractivity contribution >= 4 is 0 Å². The van der Waals surface area contributed by atoms with Gasteiger partial charge in [0.25, 0.3) is 0 Å². The minimum atomic E-state index is 0.222. The van der Waals surface area contributed by atoms with Crippen LogP contribution in [0.5, 0.6) is 0 Å². The monoisotopic (exact) mass is 250 g/mol. The zero-order chi connectivity index (χ0) is 12.6. The molecular formula is C15H26N2O. The molecule has 1 N–H and O–H groups in total. The molecule has 2 aliphatic carbocycles. The van der Waals surface area contributed by atoms with Gasteiger partial charge in [0.15, 0.2) is 0 Å². The number of rotatable bonds is 7. The molecule has 0 spiro atoms. The summed E-state index contributed by atoms with van der Waals surface area (Å²) in [4.78, 5) is 0. The Bertz CT molecular complexity index is 270. The van der Waals surface area contributed by atoms with Crippen LogP contribution in [0.4, 0.5) is 0 Å².